The van der Waals surface area contributed by atoms with Crippen LogP contribution >= 0.6 is 0 Å². The van der Waals surface area contributed by atoms with Crippen LogP contribution in [0.4, 0.5) is 0 Å². The molecule has 0 fully saturated rings. The van der Waals surface area contributed by atoms with Crippen LogP contribution in [0.5, 0.6) is 0 Å². The molecule has 1 aromatic heterocycles. The molecule has 25 heavy (non-hydrogen) atoms. The molecule has 132 valence electrons. The lowest BCUT2D eigenvalue weighted by molar-refractivity contribution is -0.142. The fourth-order valence-electron chi connectivity index (χ4n) is 2.39. The molecule has 0 amide bonds. The third-order valence-corrected chi connectivity index (χ3v) is 3.72. The fraction of sp³-hybridized carbons (Fsp3) is 0.350. The number of nitrogens with zero attached hydrogens (tertiary/aromatic N) is 1. The molecule has 5 nitrogen and oxygen atoms in total. The fourth-order valence-corrected chi connectivity index (χ4v) is 2.39. The second kappa shape index (κ2) is 9.69. The van der Waals surface area contributed by atoms with Gasteiger partial charge >= 0.3 is 5.97 Å². The number of pyridine rings is 1. The van der Waals surface area contributed by atoms with Crippen molar-refractivity contribution in [3.8, 4) is 0 Å². The van der Waals surface area contributed by atoms with Crippen LogP contribution in [0, 0.1) is 5.92 Å². The molecule has 2 rings (SSSR count). The molecule has 0 aliphatic heterocycles. The predicted octanol–water partition coefficient (Wildman–Crippen LogP) is 3.07. The van der Waals surface area contributed by atoms with Crippen LogP contribution in [-0.2, 0) is 20.7 Å². The maximum atomic E-state index is 12.4. The van der Waals surface area contributed by atoms with Gasteiger partial charge in [-0.15, -0.1) is 0 Å². The van der Waals surface area contributed by atoms with E-state index in [2.05, 4.69) is 4.98 Å². The molecular formula is C20H23NO4. The first-order chi connectivity index (χ1) is 12.1. The van der Waals surface area contributed by atoms with Crippen LogP contribution in [0.1, 0.15) is 35.3 Å². The van der Waals surface area contributed by atoms with Gasteiger partial charge in [0.2, 0.25) is 0 Å². The molecule has 0 aliphatic carbocycles. The van der Waals surface area contributed by atoms with E-state index in [1.165, 1.54) is 6.92 Å². The van der Waals surface area contributed by atoms with Crippen molar-refractivity contribution in [1.29, 1.82) is 0 Å². The van der Waals surface area contributed by atoms with E-state index in [1.807, 2.05) is 49.5 Å². The largest absolute Gasteiger partial charge is 0.463 e. The first kappa shape index (κ1) is 18.8. The van der Waals surface area contributed by atoms with E-state index in [0.717, 1.165) is 17.5 Å². The normalized spacial score (nSPS) is 11.8. The Hall–Kier alpha value is -2.53. The first-order valence-electron chi connectivity index (χ1n) is 8.29. The summed E-state index contributed by atoms with van der Waals surface area (Å²) in [5.74, 6) is -0.541. The zero-order valence-electron chi connectivity index (χ0n) is 14.6. The summed E-state index contributed by atoms with van der Waals surface area (Å²) in [6.07, 6.45) is 4.38. The van der Waals surface area contributed by atoms with Gasteiger partial charge in [0.25, 0.3) is 0 Å². The molecule has 0 aliphatic rings. The zero-order valence-corrected chi connectivity index (χ0v) is 14.6. The van der Waals surface area contributed by atoms with Gasteiger partial charge in [-0.1, -0.05) is 37.3 Å². The Bertz CT molecular complexity index is 683. The summed E-state index contributed by atoms with van der Waals surface area (Å²) in [6, 6.07) is 11.6. The van der Waals surface area contributed by atoms with E-state index < -0.39 is 0 Å². The maximum Gasteiger partial charge on any atom is 0.302 e. The molecule has 1 heterocycles. The number of hydrogen-bond acceptors (Lipinski definition) is 5. The Balaban J connectivity index is 1.81. The standard InChI is InChI=1S/C20H23NO4/c1-15(14-24-10-11-25-16(2)22)20(23)19-7-5-17(6-8-19)12-18-4-3-9-21-13-18/h3-9,13,15H,10-12,14H2,1-2H3. The number of rotatable bonds is 9. The maximum absolute atomic E-state index is 12.4. The number of esters is 1. The average Bonchev–Trinajstić information content (AvgIpc) is 2.62. The van der Waals surface area contributed by atoms with Crippen LogP contribution in [0.15, 0.2) is 48.8 Å². The predicted molar refractivity (Wildman–Crippen MR) is 94.4 cm³/mol. The molecule has 0 saturated heterocycles. The van der Waals surface area contributed by atoms with Crippen molar-refractivity contribution in [3.63, 3.8) is 0 Å². The van der Waals surface area contributed by atoms with E-state index in [9.17, 15) is 9.59 Å². The van der Waals surface area contributed by atoms with Gasteiger partial charge in [-0.2, -0.15) is 0 Å². The lowest BCUT2D eigenvalue weighted by atomic mass is 9.97. The third-order valence-electron chi connectivity index (χ3n) is 3.72. The SMILES string of the molecule is CC(=O)OCCOCC(C)C(=O)c1ccc(Cc2cccnc2)cc1. The molecular weight excluding hydrogens is 318 g/mol. The van der Waals surface area contributed by atoms with Crippen molar-refractivity contribution in [2.75, 3.05) is 19.8 Å². The number of aromatic nitrogens is 1. The molecule has 1 atom stereocenters. The van der Waals surface area contributed by atoms with Gasteiger partial charge < -0.3 is 9.47 Å². The van der Waals surface area contributed by atoms with E-state index in [4.69, 9.17) is 9.47 Å². The average molecular weight is 341 g/mol. The minimum atomic E-state index is -0.334. The van der Waals surface area contributed by atoms with E-state index >= 15 is 0 Å². The molecule has 5 heteroatoms. The quantitative estimate of drug-likeness (QED) is 0.398. The van der Waals surface area contributed by atoms with Crippen molar-refractivity contribution < 1.29 is 19.1 Å². The third kappa shape index (κ3) is 6.47. The van der Waals surface area contributed by atoms with Crippen LogP contribution in [-0.4, -0.2) is 36.6 Å². The summed E-state index contributed by atoms with van der Waals surface area (Å²) in [7, 11) is 0. The van der Waals surface area contributed by atoms with Crippen molar-refractivity contribution in [2.45, 2.75) is 20.3 Å². The minimum Gasteiger partial charge on any atom is -0.463 e. The van der Waals surface area contributed by atoms with Crippen LogP contribution in [0.3, 0.4) is 0 Å². The van der Waals surface area contributed by atoms with Crippen molar-refractivity contribution in [3.05, 3.63) is 65.5 Å². The number of Topliss-reactive ketones (excluding diaryl/α,β-unsaturated/α-hetero) is 1. The Labute approximate surface area is 148 Å². The van der Waals surface area contributed by atoms with Gasteiger partial charge in [-0.3, -0.25) is 14.6 Å². The van der Waals surface area contributed by atoms with Crippen molar-refractivity contribution in [2.24, 2.45) is 5.92 Å². The van der Waals surface area contributed by atoms with Crippen LogP contribution in [0.25, 0.3) is 0 Å². The number of ether oxygens (including phenoxy) is 2. The van der Waals surface area contributed by atoms with Crippen molar-refractivity contribution >= 4 is 11.8 Å². The summed E-state index contributed by atoms with van der Waals surface area (Å²) in [6.45, 7) is 3.99. The molecule has 2 aromatic rings. The van der Waals surface area contributed by atoms with Gasteiger partial charge in [-0.25, -0.2) is 0 Å². The molecule has 0 radical (unpaired) electrons. The molecule has 1 aromatic carbocycles. The summed E-state index contributed by atoms with van der Waals surface area (Å²) in [5.41, 5.74) is 2.94. The highest BCUT2D eigenvalue weighted by Gasteiger charge is 2.15. The topological polar surface area (TPSA) is 65.5 Å². The summed E-state index contributed by atoms with van der Waals surface area (Å²) in [5, 5.41) is 0. The van der Waals surface area contributed by atoms with E-state index in [-0.39, 0.29) is 24.3 Å². The number of carbonyl (C=O) groups excluding carboxylic acids is 2. The Morgan fingerprint density at radius 1 is 1.08 bits per heavy atom. The number of hydrogen-bond donors (Lipinski definition) is 0. The highest BCUT2D eigenvalue weighted by atomic mass is 16.6. The number of carbonyl (C=O) groups is 2. The zero-order chi connectivity index (χ0) is 18.1. The minimum absolute atomic E-state index is 0.0421. The van der Waals surface area contributed by atoms with Crippen LogP contribution < -0.4 is 0 Å². The smallest absolute Gasteiger partial charge is 0.302 e. The molecule has 0 N–H and O–H groups in total. The van der Waals surface area contributed by atoms with Crippen molar-refractivity contribution in [1.82, 2.24) is 4.98 Å². The Morgan fingerprint density at radius 2 is 1.84 bits per heavy atom. The van der Waals surface area contributed by atoms with Gasteiger partial charge in [0.15, 0.2) is 5.78 Å². The number of benzene rings is 1. The second-order valence-corrected chi connectivity index (χ2v) is 5.92. The van der Waals surface area contributed by atoms with Gasteiger partial charge in [-0.05, 0) is 23.6 Å². The molecule has 1 unspecified atom stereocenters. The first-order valence-corrected chi connectivity index (χ1v) is 8.29. The molecule has 0 spiro atoms. The molecule has 0 bridgehead atoms. The Kier molecular flexibility index (Phi) is 7.29. The highest BCUT2D eigenvalue weighted by Crippen LogP contribution is 2.13. The summed E-state index contributed by atoms with van der Waals surface area (Å²) < 4.78 is 10.2. The number of ketones is 1. The lowest BCUT2D eigenvalue weighted by Gasteiger charge is -2.12. The highest BCUT2D eigenvalue weighted by molar-refractivity contribution is 5.97. The monoisotopic (exact) mass is 341 g/mol. The summed E-state index contributed by atoms with van der Waals surface area (Å²) >= 11 is 0. The lowest BCUT2D eigenvalue weighted by Crippen LogP contribution is -2.19. The van der Waals surface area contributed by atoms with E-state index in [1.54, 1.807) is 6.20 Å². The van der Waals surface area contributed by atoms with Crippen LogP contribution in [0.2, 0.25) is 0 Å². The second-order valence-electron chi connectivity index (χ2n) is 5.92. The van der Waals surface area contributed by atoms with Gasteiger partial charge in [0.1, 0.15) is 6.61 Å². The summed E-state index contributed by atoms with van der Waals surface area (Å²) in [4.78, 5) is 27.2. The van der Waals surface area contributed by atoms with Gasteiger partial charge in [0.05, 0.1) is 13.2 Å². The Morgan fingerprint density at radius 3 is 2.48 bits per heavy atom. The van der Waals surface area contributed by atoms with Gasteiger partial charge in [0, 0.05) is 30.8 Å². The molecule has 0 saturated carbocycles. The van der Waals surface area contributed by atoms with E-state index in [0.29, 0.717) is 18.8 Å².